The molecule has 0 unspecified atom stereocenters. The zero-order chi connectivity index (χ0) is 14.5. The molecule has 104 valence electrons. The summed E-state index contributed by atoms with van der Waals surface area (Å²) < 4.78 is 5.32. The van der Waals surface area contributed by atoms with Crippen molar-refractivity contribution in [3.63, 3.8) is 0 Å². The van der Waals surface area contributed by atoms with Crippen LogP contribution in [0.4, 0.5) is 0 Å². The minimum atomic E-state index is -0.951. The Hall–Kier alpha value is -1.79. The van der Waals surface area contributed by atoms with Crippen LogP contribution in [0.3, 0.4) is 0 Å². The van der Waals surface area contributed by atoms with Crippen molar-refractivity contribution in [2.24, 2.45) is 0 Å². The quantitative estimate of drug-likeness (QED) is 0.853. The normalized spacial score (nSPS) is 10.9. The Morgan fingerprint density at radius 3 is 2.85 bits per heavy atom. The van der Waals surface area contributed by atoms with Gasteiger partial charge in [0.25, 0.3) is 0 Å². The molecule has 4 nitrogen and oxygen atoms in total. The maximum absolute atomic E-state index is 10.8. The molecule has 0 radical (unpaired) electrons. The van der Waals surface area contributed by atoms with Gasteiger partial charge in [0.2, 0.25) is 0 Å². The highest BCUT2D eigenvalue weighted by Crippen LogP contribution is 2.29. The summed E-state index contributed by atoms with van der Waals surface area (Å²) >= 11 is 2.77. The monoisotopic (exact) mass is 307 g/mol. The van der Waals surface area contributed by atoms with Crippen LogP contribution in [-0.2, 0) is 0 Å². The fourth-order valence-electron chi connectivity index (χ4n) is 1.59. The van der Waals surface area contributed by atoms with Crippen LogP contribution in [0, 0.1) is 0 Å². The van der Waals surface area contributed by atoms with Crippen molar-refractivity contribution in [2.75, 3.05) is 13.4 Å². The van der Waals surface area contributed by atoms with Crippen molar-refractivity contribution in [1.82, 2.24) is 4.98 Å². The third-order valence-electron chi connectivity index (χ3n) is 2.56. The number of benzene rings is 1. The average molecular weight is 307 g/mol. The number of rotatable bonds is 5. The first-order chi connectivity index (χ1) is 9.63. The number of carboxylic acid groups (broad SMARTS) is 1. The third-order valence-corrected chi connectivity index (χ3v) is 4.29. The lowest BCUT2D eigenvalue weighted by Crippen LogP contribution is -1.89. The van der Waals surface area contributed by atoms with Gasteiger partial charge in [-0.1, -0.05) is 12.1 Å². The van der Waals surface area contributed by atoms with E-state index in [2.05, 4.69) is 4.98 Å². The fourth-order valence-corrected chi connectivity index (χ4v) is 2.79. The van der Waals surface area contributed by atoms with Gasteiger partial charge in [0, 0.05) is 4.90 Å². The van der Waals surface area contributed by atoms with Crippen molar-refractivity contribution in [1.29, 1.82) is 0 Å². The van der Waals surface area contributed by atoms with Gasteiger partial charge in [-0.15, -0.1) is 23.1 Å². The summed E-state index contributed by atoms with van der Waals surface area (Å²) in [6.07, 6.45) is 7.04. The number of nitrogens with zero attached hydrogens (tertiary/aromatic N) is 1. The Morgan fingerprint density at radius 1 is 1.45 bits per heavy atom. The lowest BCUT2D eigenvalue weighted by Gasteiger charge is -2.06. The van der Waals surface area contributed by atoms with Crippen molar-refractivity contribution in [2.45, 2.75) is 4.90 Å². The largest absolute Gasteiger partial charge is 0.496 e. The maximum atomic E-state index is 10.8. The Kier molecular flexibility index (Phi) is 4.81. The van der Waals surface area contributed by atoms with Crippen LogP contribution in [0.25, 0.3) is 12.2 Å². The molecule has 0 saturated carbocycles. The zero-order valence-electron chi connectivity index (χ0n) is 11.0. The van der Waals surface area contributed by atoms with E-state index in [0.29, 0.717) is 5.01 Å². The molecule has 0 aliphatic heterocycles. The maximum Gasteiger partial charge on any atom is 0.347 e. The minimum Gasteiger partial charge on any atom is -0.496 e. The number of ether oxygens (including phenoxy) is 1. The minimum absolute atomic E-state index is 0.236. The Bertz CT molecular complexity index is 650. The molecule has 0 saturated heterocycles. The average Bonchev–Trinajstić information content (AvgIpc) is 2.94. The van der Waals surface area contributed by atoms with E-state index >= 15 is 0 Å². The number of thiazole rings is 1. The molecule has 6 heteroatoms. The molecule has 20 heavy (non-hydrogen) atoms. The van der Waals surface area contributed by atoms with Gasteiger partial charge in [0.05, 0.1) is 13.3 Å². The first-order valence-electron chi connectivity index (χ1n) is 5.73. The molecule has 0 atom stereocenters. The first kappa shape index (κ1) is 14.6. The van der Waals surface area contributed by atoms with Crippen LogP contribution in [0.1, 0.15) is 20.2 Å². The molecule has 1 aromatic heterocycles. The van der Waals surface area contributed by atoms with Gasteiger partial charge >= 0.3 is 5.97 Å². The van der Waals surface area contributed by atoms with Crippen molar-refractivity contribution in [3.05, 3.63) is 39.8 Å². The second-order valence-electron chi connectivity index (χ2n) is 3.82. The summed E-state index contributed by atoms with van der Waals surface area (Å²) in [4.78, 5) is 16.1. The number of aromatic nitrogens is 1. The third kappa shape index (κ3) is 3.40. The van der Waals surface area contributed by atoms with Crippen LogP contribution >= 0.6 is 23.1 Å². The van der Waals surface area contributed by atoms with Crippen LogP contribution in [0.2, 0.25) is 0 Å². The number of carboxylic acids is 1. The Balaban J connectivity index is 2.20. The molecule has 2 aromatic rings. The molecule has 0 aliphatic carbocycles. The van der Waals surface area contributed by atoms with Gasteiger partial charge in [-0.05, 0) is 30.0 Å². The van der Waals surface area contributed by atoms with Crippen molar-refractivity contribution in [3.8, 4) is 5.75 Å². The summed E-state index contributed by atoms with van der Waals surface area (Å²) in [5, 5.41) is 9.50. The topological polar surface area (TPSA) is 59.4 Å². The molecule has 1 N–H and O–H groups in total. The van der Waals surface area contributed by atoms with Crippen LogP contribution in [0.15, 0.2) is 29.3 Å². The number of aromatic carboxylic acids is 1. The zero-order valence-corrected chi connectivity index (χ0v) is 12.6. The number of carbonyl (C=O) groups is 1. The van der Waals surface area contributed by atoms with Crippen LogP contribution < -0.4 is 4.74 Å². The van der Waals surface area contributed by atoms with E-state index in [-0.39, 0.29) is 4.88 Å². The van der Waals surface area contributed by atoms with E-state index in [4.69, 9.17) is 9.84 Å². The summed E-state index contributed by atoms with van der Waals surface area (Å²) in [5.74, 6) is -0.127. The lowest BCUT2D eigenvalue weighted by molar-refractivity contribution is 0.0702. The Morgan fingerprint density at radius 2 is 2.25 bits per heavy atom. The molecule has 1 aromatic carbocycles. The van der Waals surface area contributed by atoms with E-state index in [1.165, 1.54) is 6.20 Å². The molecular formula is C14H13NO3S2. The van der Waals surface area contributed by atoms with Crippen LogP contribution in [-0.4, -0.2) is 29.4 Å². The number of methoxy groups -OCH3 is 1. The molecule has 0 fully saturated rings. The van der Waals surface area contributed by atoms with E-state index in [9.17, 15) is 4.79 Å². The van der Waals surface area contributed by atoms with E-state index in [1.54, 1.807) is 24.9 Å². The van der Waals surface area contributed by atoms with Gasteiger partial charge in [-0.25, -0.2) is 9.78 Å². The van der Waals surface area contributed by atoms with Gasteiger partial charge in [-0.2, -0.15) is 0 Å². The predicted molar refractivity (Wildman–Crippen MR) is 82.8 cm³/mol. The molecule has 0 bridgehead atoms. The van der Waals surface area contributed by atoms with Gasteiger partial charge in [0.1, 0.15) is 15.6 Å². The summed E-state index contributed by atoms with van der Waals surface area (Å²) in [6, 6.07) is 5.91. The van der Waals surface area contributed by atoms with Crippen molar-refractivity contribution < 1.29 is 14.6 Å². The SMILES string of the molecule is COc1cc(C=Cc2ncc(C(=O)O)s2)ccc1SC. The molecule has 2 rings (SSSR count). The Labute approximate surface area is 125 Å². The number of thioether (sulfide) groups is 1. The predicted octanol–water partition coefficient (Wildman–Crippen LogP) is 3.74. The molecule has 1 heterocycles. The van der Waals surface area contributed by atoms with Gasteiger partial charge < -0.3 is 9.84 Å². The molecule has 0 spiro atoms. The smallest absolute Gasteiger partial charge is 0.347 e. The lowest BCUT2D eigenvalue weighted by atomic mass is 10.2. The standard InChI is InChI=1S/C14H13NO3S2/c1-18-10-7-9(3-5-11(10)19-2)4-6-13-15-8-12(20-13)14(16)17/h3-8H,1-2H3,(H,16,17). The summed E-state index contributed by atoms with van der Waals surface area (Å²) in [7, 11) is 1.64. The number of hydrogen-bond donors (Lipinski definition) is 1. The first-order valence-corrected chi connectivity index (χ1v) is 7.77. The van der Waals surface area contributed by atoms with Crippen molar-refractivity contribution >= 4 is 41.2 Å². The summed E-state index contributed by atoms with van der Waals surface area (Å²) in [6.45, 7) is 0. The fraction of sp³-hybridized carbons (Fsp3) is 0.143. The van der Waals surface area contributed by atoms with Crippen LogP contribution in [0.5, 0.6) is 5.75 Å². The van der Waals surface area contributed by atoms with Gasteiger partial charge in [0.15, 0.2) is 0 Å². The highest BCUT2D eigenvalue weighted by Gasteiger charge is 2.06. The van der Waals surface area contributed by atoms with Gasteiger partial charge in [-0.3, -0.25) is 0 Å². The van der Waals surface area contributed by atoms with E-state index < -0.39 is 5.97 Å². The van der Waals surface area contributed by atoms with E-state index in [0.717, 1.165) is 27.5 Å². The highest BCUT2D eigenvalue weighted by atomic mass is 32.2. The van der Waals surface area contributed by atoms with E-state index in [1.807, 2.05) is 30.5 Å². The molecular weight excluding hydrogens is 294 g/mol. The molecule has 0 aliphatic rings. The molecule has 0 amide bonds. The second kappa shape index (κ2) is 6.58. The second-order valence-corrected chi connectivity index (χ2v) is 5.73. The highest BCUT2D eigenvalue weighted by molar-refractivity contribution is 7.98. The number of hydrogen-bond acceptors (Lipinski definition) is 5. The summed E-state index contributed by atoms with van der Waals surface area (Å²) in [5.41, 5.74) is 0.978.